The molecule has 1 heterocycles. The third-order valence-corrected chi connectivity index (χ3v) is 3.42. The Labute approximate surface area is 109 Å². The lowest BCUT2D eigenvalue weighted by atomic mass is 10.2. The topological polar surface area (TPSA) is 53.6 Å². The number of morpholine rings is 1. The van der Waals surface area contributed by atoms with Gasteiger partial charge in [-0.25, -0.2) is 0 Å². The highest BCUT2D eigenvalue weighted by molar-refractivity contribution is 5.76. The number of ether oxygens (including phenoxy) is 1. The molecule has 1 saturated heterocycles. The first-order valence-electron chi connectivity index (χ1n) is 7.07. The summed E-state index contributed by atoms with van der Waals surface area (Å²) in [5, 5.41) is 6.41. The average Bonchev–Trinajstić information content (AvgIpc) is 3.14. The lowest BCUT2D eigenvalue weighted by Crippen LogP contribution is -2.45. The molecule has 2 N–H and O–H groups in total. The molecule has 2 aliphatic rings. The van der Waals surface area contributed by atoms with E-state index >= 15 is 0 Å². The third-order valence-electron chi connectivity index (χ3n) is 3.42. The smallest absolute Gasteiger partial charge is 0.221 e. The molecule has 0 aromatic carbocycles. The van der Waals surface area contributed by atoms with Crippen molar-refractivity contribution < 1.29 is 9.53 Å². The summed E-state index contributed by atoms with van der Waals surface area (Å²) in [6.07, 6.45) is 2.91. The van der Waals surface area contributed by atoms with Crippen LogP contribution in [0.3, 0.4) is 0 Å². The van der Waals surface area contributed by atoms with Gasteiger partial charge in [-0.1, -0.05) is 0 Å². The van der Waals surface area contributed by atoms with Gasteiger partial charge in [0.15, 0.2) is 0 Å². The van der Waals surface area contributed by atoms with Crippen LogP contribution in [-0.2, 0) is 9.53 Å². The maximum atomic E-state index is 11.5. The van der Waals surface area contributed by atoms with E-state index in [1.54, 1.807) is 0 Å². The fourth-order valence-electron chi connectivity index (χ4n) is 2.20. The first-order chi connectivity index (χ1) is 8.74. The number of carbonyl (C=O) groups is 1. The zero-order chi connectivity index (χ0) is 12.8. The Morgan fingerprint density at radius 1 is 1.39 bits per heavy atom. The quantitative estimate of drug-likeness (QED) is 0.670. The predicted octanol–water partition coefficient (Wildman–Crippen LogP) is -0.0346. The molecule has 104 valence electrons. The Balaban J connectivity index is 1.50. The van der Waals surface area contributed by atoms with Crippen LogP contribution in [0.4, 0.5) is 0 Å². The van der Waals surface area contributed by atoms with Crippen molar-refractivity contribution in [2.75, 3.05) is 39.4 Å². The minimum Gasteiger partial charge on any atom is -0.379 e. The Morgan fingerprint density at radius 2 is 2.11 bits per heavy atom. The van der Waals surface area contributed by atoms with Crippen LogP contribution in [-0.4, -0.2) is 62.3 Å². The predicted molar refractivity (Wildman–Crippen MR) is 70.5 cm³/mol. The summed E-state index contributed by atoms with van der Waals surface area (Å²) in [6.45, 7) is 7.71. The molecular formula is C13H25N3O2. The van der Waals surface area contributed by atoms with Gasteiger partial charge in [-0.3, -0.25) is 9.69 Å². The fraction of sp³-hybridized carbons (Fsp3) is 0.923. The van der Waals surface area contributed by atoms with Crippen LogP contribution in [0, 0.1) is 0 Å². The van der Waals surface area contributed by atoms with Crippen molar-refractivity contribution in [3.05, 3.63) is 0 Å². The Bertz CT molecular complexity index is 263. The largest absolute Gasteiger partial charge is 0.379 e. The van der Waals surface area contributed by atoms with Gasteiger partial charge in [0, 0.05) is 44.7 Å². The number of nitrogens with one attached hydrogen (secondary N) is 2. The zero-order valence-corrected chi connectivity index (χ0v) is 11.3. The number of hydrogen-bond acceptors (Lipinski definition) is 4. The van der Waals surface area contributed by atoms with Crippen LogP contribution in [0.2, 0.25) is 0 Å². The molecule has 2 rings (SSSR count). The van der Waals surface area contributed by atoms with E-state index in [1.165, 1.54) is 0 Å². The van der Waals surface area contributed by atoms with E-state index in [0.29, 0.717) is 18.5 Å². The monoisotopic (exact) mass is 255 g/mol. The Morgan fingerprint density at radius 3 is 2.78 bits per heavy atom. The van der Waals surface area contributed by atoms with Gasteiger partial charge in [0.1, 0.15) is 0 Å². The second-order valence-corrected chi connectivity index (χ2v) is 5.36. The van der Waals surface area contributed by atoms with Crippen LogP contribution in [0.25, 0.3) is 0 Å². The molecule has 0 aromatic rings. The van der Waals surface area contributed by atoms with Gasteiger partial charge in [-0.2, -0.15) is 0 Å². The van der Waals surface area contributed by atoms with Crippen LogP contribution in [0.5, 0.6) is 0 Å². The van der Waals surface area contributed by atoms with Crippen molar-refractivity contribution in [3.8, 4) is 0 Å². The van der Waals surface area contributed by atoms with Gasteiger partial charge in [-0.15, -0.1) is 0 Å². The van der Waals surface area contributed by atoms with E-state index in [2.05, 4.69) is 22.5 Å². The van der Waals surface area contributed by atoms with Crippen molar-refractivity contribution in [1.82, 2.24) is 15.5 Å². The molecule has 1 aliphatic heterocycles. The standard InChI is InChI=1S/C13H25N3O2/c1-11(10-16-6-8-18-9-7-16)14-5-4-13(17)15-12-2-3-12/h11-12,14H,2-10H2,1H3,(H,15,17). The zero-order valence-electron chi connectivity index (χ0n) is 11.3. The van der Waals surface area contributed by atoms with E-state index in [4.69, 9.17) is 4.74 Å². The summed E-state index contributed by atoms with van der Waals surface area (Å²) in [6, 6.07) is 0.903. The SMILES string of the molecule is CC(CN1CCOCC1)NCCC(=O)NC1CC1. The third kappa shape index (κ3) is 5.33. The first kappa shape index (κ1) is 13.8. The van der Waals surface area contributed by atoms with Gasteiger partial charge < -0.3 is 15.4 Å². The van der Waals surface area contributed by atoms with Crippen molar-refractivity contribution in [1.29, 1.82) is 0 Å². The highest BCUT2D eigenvalue weighted by Gasteiger charge is 2.22. The van der Waals surface area contributed by atoms with Gasteiger partial charge >= 0.3 is 0 Å². The number of amides is 1. The van der Waals surface area contributed by atoms with E-state index in [9.17, 15) is 4.79 Å². The number of hydrogen-bond donors (Lipinski definition) is 2. The lowest BCUT2D eigenvalue weighted by Gasteiger charge is -2.29. The van der Waals surface area contributed by atoms with Crippen LogP contribution < -0.4 is 10.6 Å². The molecule has 5 nitrogen and oxygen atoms in total. The minimum atomic E-state index is 0.184. The van der Waals surface area contributed by atoms with Crippen molar-refractivity contribution in [2.45, 2.75) is 38.3 Å². The van der Waals surface area contributed by atoms with Crippen molar-refractivity contribution >= 4 is 5.91 Å². The molecule has 1 saturated carbocycles. The summed E-state index contributed by atoms with van der Waals surface area (Å²) < 4.78 is 5.32. The summed E-state index contributed by atoms with van der Waals surface area (Å²) in [5.74, 6) is 0.184. The number of rotatable bonds is 7. The van der Waals surface area contributed by atoms with Gasteiger partial charge in [0.25, 0.3) is 0 Å². The average molecular weight is 255 g/mol. The van der Waals surface area contributed by atoms with E-state index in [1.807, 2.05) is 0 Å². The van der Waals surface area contributed by atoms with Gasteiger partial charge in [0.2, 0.25) is 5.91 Å². The van der Waals surface area contributed by atoms with E-state index in [-0.39, 0.29) is 5.91 Å². The minimum absolute atomic E-state index is 0.184. The van der Waals surface area contributed by atoms with E-state index < -0.39 is 0 Å². The maximum Gasteiger partial charge on any atom is 0.221 e. The molecule has 0 radical (unpaired) electrons. The molecule has 0 bridgehead atoms. The molecule has 0 aromatic heterocycles. The molecule has 5 heteroatoms. The maximum absolute atomic E-state index is 11.5. The highest BCUT2D eigenvalue weighted by Crippen LogP contribution is 2.18. The fourth-order valence-corrected chi connectivity index (χ4v) is 2.20. The summed E-state index contributed by atoms with van der Waals surface area (Å²) in [4.78, 5) is 13.9. The normalized spacial score (nSPS) is 22.7. The van der Waals surface area contributed by atoms with Crippen molar-refractivity contribution in [2.24, 2.45) is 0 Å². The van der Waals surface area contributed by atoms with Crippen molar-refractivity contribution in [3.63, 3.8) is 0 Å². The van der Waals surface area contributed by atoms with Crippen LogP contribution >= 0.6 is 0 Å². The van der Waals surface area contributed by atoms with Crippen LogP contribution in [0.1, 0.15) is 26.2 Å². The number of nitrogens with zero attached hydrogens (tertiary/aromatic N) is 1. The molecule has 1 amide bonds. The Kier molecular flexibility index (Phi) is 5.41. The summed E-state index contributed by atoms with van der Waals surface area (Å²) in [5.41, 5.74) is 0. The van der Waals surface area contributed by atoms with E-state index in [0.717, 1.165) is 52.2 Å². The number of carbonyl (C=O) groups excluding carboxylic acids is 1. The van der Waals surface area contributed by atoms with Crippen LogP contribution in [0.15, 0.2) is 0 Å². The summed E-state index contributed by atoms with van der Waals surface area (Å²) in [7, 11) is 0. The highest BCUT2D eigenvalue weighted by atomic mass is 16.5. The lowest BCUT2D eigenvalue weighted by molar-refractivity contribution is -0.121. The second kappa shape index (κ2) is 7.07. The molecule has 2 fully saturated rings. The summed E-state index contributed by atoms with van der Waals surface area (Å²) >= 11 is 0. The molecule has 1 aliphatic carbocycles. The molecule has 0 spiro atoms. The molecule has 1 unspecified atom stereocenters. The molecule has 1 atom stereocenters. The first-order valence-corrected chi connectivity index (χ1v) is 7.07. The second-order valence-electron chi connectivity index (χ2n) is 5.36. The Hall–Kier alpha value is -0.650. The molecular weight excluding hydrogens is 230 g/mol. The van der Waals surface area contributed by atoms with Gasteiger partial charge in [0.05, 0.1) is 13.2 Å². The van der Waals surface area contributed by atoms with Gasteiger partial charge in [-0.05, 0) is 19.8 Å². The molecule has 18 heavy (non-hydrogen) atoms.